The fraction of sp³-hybridized carbons (Fsp3) is 0.0435. The van der Waals surface area contributed by atoms with E-state index < -0.39 is 0 Å². The predicted molar refractivity (Wildman–Crippen MR) is 110 cm³/mol. The second-order valence-electron chi connectivity index (χ2n) is 6.38. The van der Waals surface area contributed by atoms with Crippen molar-refractivity contribution in [3.63, 3.8) is 0 Å². The Morgan fingerprint density at radius 3 is 2.07 bits per heavy atom. The Morgan fingerprint density at radius 1 is 0.815 bits per heavy atom. The summed E-state index contributed by atoms with van der Waals surface area (Å²) in [4.78, 5) is 27.3. The average Bonchev–Trinajstić information content (AvgIpc) is 2.68. The molecule has 0 spiro atoms. The highest BCUT2D eigenvalue weighted by atomic mass is 16.1. The van der Waals surface area contributed by atoms with Crippen LogP contribution in [0.5, 0.6) is 0 Å². The third kappa shape index (κ3) is 3.25. The molecule has 0 aliphatic heterocycles. The molecule has 1 heterocycles. The Kier molecular flexibility index (Phi) is 4.30. The minimum absolute atomic E-state index is 0.149. The summed E-state index contributed by atoms with van der Waals surface area (Å²) in [6.45, 7) is 1.47. The van der Waals surface area contributed by atoms with E-state index in [2.05, 4.69) is 10.3 Å². The molecule has 0 unspecified atom stereocenters. The van der Waals surface area contributed by atoms with Gasteiger partial charge in [-0.05, 0) is 34.7 Å². The van der Waals surface area contributed by atoms with Crippen LogP contribution in [0.1, 0.15) is 6.92 Å². The quantitative estimate of drug-likeness (QED) is 0.554. The van der Waals surface area contributed by atoms with Crippen molar-refractivity contribution in [3.8, 4) is 22.4 Å². The zero-order valence-corrected chi connectivity index (χ0v) is 14.8. The molecule has 4 heteroatoms. The first kappa shape index (κ1) is 16.8. The van der Waals surface area contributed by atoms with Crippen LogP contribution in [0.15, 0.2) is 83.7 Å². The number of carbonyl (C=O) groups is 1. The van der Waals surface area contributed by atoms with Gasteiger partial charge in [0, 0.05) is 23.6 Å². The van der Waals surface area contributed by atoms with Crippen molar-refractivity contribution in [2.24, 2.45) is 0 Å². The second-order valence-corrected chi connectivity index (χ2v) is 6.38. The maximum atomic E-state index is 12.7. The maximum absolute atomic E-state index is 12.7. The molecule has 2 N–H and O–H groups in total. The van der Waals surface area contributed by atoms with Crippen LogP contribution in [-0.2, 0) is 4.79 Å². The van der Waals surface area contributed by atoms with E-state index in [9.17, 15) is 9.59 Å². The number of anilines is 1. The number of nitrogens with one attached hydrogen (secondary N) is 2. The van der Waals surface area contributed by atoms with Gasteiger partial charge in [0.1, 0.15) is 0 Å². The van der Waals surface area contributed by atoms with Gasteiger partial charge in [0.05, 0.1) is 5.69 Å². The molecule has 0 bridgehead atoms. The van der Waals surface area contributed by atoms with Crippen molar-refractivity contribution in [2.75, 3.05) is 5.32 Å². The van der Waals surface area contributed by atoms with Gasteiger partial charge in [-0.3, -0.25) is 9.59 Å². The van der Waals surface area contributed by atoms with Crippen LogP contribution in [0, 0.1) is 0 Å². The fourth-order valence-corrected chi connectivity index (χ4v) is 3.33. The second kappa shape index (κ2) is 6.92. The zero-order chi connectivity index (χ0) is 18.8. The molecule has 0 aliphatic carbocycles. The lowest BCUT2D eigenvalue weighted by Gasteiger charge is -2.15. The van der Waals surface area contributed by atoms with Crippen LogP contribution in [0.4, 0.5) is 5.69 Å². The van der Waals surface area contributed by atoms with E-state index in [0.717, 1.165) is 27.8 Å². The Morgan fingerprint density at radius 2 is 1.44 bits per heavy atom. The van der Waals surface area contributed by atoms with Crippen LogP contribution >= 0.6 is 0 Å². The standard InChI is InChI=1S/C23H18N2O2/c1-15(26)24-18-12-13-19-20(14-18)21(16-8-4-2-5-9-16)22(25-23(19)27)17-10-6-3-7-11-17/h2-14H,1H3,(H,24,26)(H,25,27). The molecule has 4 rings (SSSR count). The molecule has 132 valence electrons. The number of pyridine rings is 1. The zero-order valence-electron chi connectivity index (χ0n) is 14.8. The number of aromatic amines is 1. The van der Waals surface area contributed by atoms with Crippen molar-refractivity contribution >= 4 is 22.4 Å². The summed E-state index contributed by atoms with van der Waals surface area (Å²) in [5, 5.41) is 4.19. The number of hydrogen-bond donors (Lipinski definition) is 2. The van der Waals surface area contributed by atoms with Gasteiger partial charge in [-0.25, -0.2) is 0 Å². The van der Waals surface area contributed by atoms with E-state index in [1.165, 1.54) is 6.92 Å². The molecule has 27 heavy (non-hydrogen) atoms. The molecule has 3 aromatic carbocycles. The normalized spacial score (nSPS) is 10.7. The van der Waals surface area contributed by atoms with E-state index in [1.807, 2.05) is 66.7 Å². The van der Waals surface area contributed by atoms with E-state index in [1.54, 1.807) is 12.1 Å². The molecule has 0 saturated carbocycles. The van der Waals surface area contributed by atoms with Crippen LogP contribution in [0.3, 0.4) is 0 Å². The summed E-state index contributed by atoms with van der Waals surface area (Å²) in [5.41, 5.74) is 4.13. The number of H-pyrrole nitrogens is 1. The summed E-state index contributed by atoms with van der Waals surface area (Å²) in [6.07, 6.45) is 0. The minimum Gasteiger partial charge on any atom is -0.326 e. The lowest BCUT2D eigenvalue weighted by atomic mass is 9.94. The van der Waals surface area contributed by atoms with Crippen LogP contribution in [-0.4, -0.2) is 10.9 Å². The Balaban J connectivity index is 2.10. The van der Waals surface area contributed by atoms with Gasteiger partial charge in [0.25, 0.3) is 5.56 Å². The molecule has 4 nitrogen and oxygen atoms in total. The number of benzene rings is 3. The fourth-order valence-electron chi connectivity index (χ4n) is 3.33. The van der Waals surface area contributed by atoms with Crippen LogP contribution in [0.25, 0.3) is 33.2 Å². The SMILES string of the molecule is CC(=O)Nc1ccc2c(=O)[nH]c(-c3ccccc3)c(-c3ccccc3)c2c1. The number of rotatable bonds is 3. The summed E-state index contributed by atoms with van der Waals surface area (Å²) >= 11 is 0. The summed E-state index contributed by atoms with van der Waals surface area (Å²) in [6, 6.07) is 25.1. The van der Waals surface area contributed by atoms with Gasteiger partial charge < -0.3 is 10.3 Å². The summed E-state index contributed by atoms with van der Waals surface area (Å²) in [5.74, 6) is -0.149. The van der Waals surface area contributed by atoms with E-state index in [4.69, 9.17) is 0 Å². The molecule has 0 radical (unpaired) electrons. The first-order valence-electron chi connectivity index (χ1n) is 8.72. The van der Waals surface area contributed by atoms with Crippen molar-refractivity contribution < 1.29 is 4.79 Å². The third-order valence-corrected chi connectivity index (χ3v) is 4.47. The molecular weight excluding hydrogens is 336 g/mol. The molecular formula is C23H18N2O2. The smallest absolute Gasteiger partial charge is 0.256 e. The largest absolute Gasteiger partial charge is 0.326 e. The molecule has 4 aromatic rings. The number of aromatic nitrogens is 1. The lowest BCUT2D eigenvalue weighted by molar-refractivity contribution is -0.114. The molecule has 0 aliphatic rings. The minimum atomic E-state index is -0.155. The number of hydrogen-bond acceptors (Lipinski definition) is 2. The maximum Gasteiger partial charge on any atom is 0.256 e. The topological polar surface area (TPSA) is 62.0 Å². The van der Waals surface area contributed by atoms with E-state index in [0.29, 0.717) is 11.1 Å². The van der Waals surface area contributed by atoms with Crippen LogP contribution in [0.2, 0.25) is 0 Å². The monoisotopic (exact) mass is 354 g/mol. The first-order valence-corrected chi connectivity index (χ1v) is 8.72. The van der Waals surface area contributed by atoms with Gasteiger partial charge in [-0.15, -0.1) is 0 Å². The molecule has 1 amide bonds. The van der Waals surface area contributed by atoms with Gasteiger partial charge in [-0.1, -0.05) is 60.7 Å². The van der Waals surface area contributed by atoms with E-state index in [-0.39, 0.29) is 11.5 Å². The summed E-state index contributed by atoms with van der Waals surface area (Å²) < 4.78 is 0. The molecule has 0 saturated heterocycles. The van der Waals surface area contributed by atoms with Crippen molar-refractivity contribution in [1.82, 2.24) is 4.98 Å². The Hall–Kier alpha value is -3.66. The van der Waals surface area contributed by atoms with Crippen molar-refractivity contribution in [1.29, 1.82) is 0 Å². The molecule has 1 aromatic heterocycles. The predicted octanol–water partition coefficient (Wildman–Crippen LogP) is 4.82. The highest BCUT2D eigenvalue weighted by molar-refractivity contribution is 6.04. The number of carbonyl (C=O) groups excluding carboxylic acids is 1. The van der Waals surface area contributed by atoms with Crippen molar-refractivity contribution in [3.05, 3.63) is 89.2 Å². The van der Waals surface area contributed by atoms with Gasteiger partial charge in [0.15, 0.2) is 0 Å². The summed E-state index contributed by atoms with van der Waals surface area (Å²) in [7, 11) is 0. The Labute approximate surface area is 156 Å². The lowest BCUT2D eigenvalue weighted by Crippen LogP contribution is -2.11. The average molecular weight is 354 g/mol. The van der Waals surface area contributed by atoms with Gasteiger partial charge >= 0.3 is 0 Å². The third-order valence-electron chi connectivity index (χ3n) is 4.47. The molecule has 0 atom stereocenters. The number of amides is 1. The highest BCUT2D eigenvalue weighted by Crippen LogP contribution is 2.36. The van der Waals surface area contributed by atoms with Crippen molar-refractivity contribution in [2.45, 2.75) is 6.92 Å². The highest BCUT2D eigenvalue weighted by Gasteiger charge is 2.15. The van der Waals surface area contributed by atoms with E-state index >= 15 is 0 Å². The van der Waals surface area contributed by atoms with Gasteiger partial charge in [-0.2, -0.15) is 0 Å². The van der Waals surface area contributed by atoms with Gasteiger partial charge in [0.2, 0.25) is 5.91 Å². The number of fused-ring (bicyclic) bond motifs is 1. The Bertz CT molecular complexity index is 1180. The van der Waals surface area contributed by atoms with Crippen LogP contribution < -0.4 is 10.9 Å². The first-order chi connectivity index (χ1) is 13.1. The molecule has 0 fully saturated rings.